The molecule has 26 heavy (non-hydrogen) atoms. The molecular weight excluding hydrogens is 332 g/mol. The lowest BCUT2D eigenvalue weighted by molar-refractivity contribution is -0.120. The van der Waals surface area contributed by atoms with Crippen molar-refractivity contribution < 1.29 is 14.3 Å². The van der Waals surface area contributed by atoms with Crippen LogP contribution in [0.4, 0.5) is 5.69 Å². The molecule has 1 aliphatic heterocycles. The number of benzene rings is 1. The van der Waals surface area contributed by atoms with Crippen molar-refractivity contribution in [1.82, 2.24) is 14.5 Å². The molecule has 4 rings (SSSR count). The largest absolute Gasteiger partial charge is 0.495 e. The SMILES string of the molecule is COc1ccccc1N1CCN(C(=O)c2cccc3ccnn23)CC1=O. The van der Waals surface area contributed by atoms with Gasteiger partial charge in [0.05, 0.1) is 24.5 Å². The molecular formula is C19H18N4O3. The average molecular weight is 350 g/mol. The van der Waals surface area contributed by atoms with Gasteiger partial charge < -0.3 is 14.5 Å². The standard InChI is InChI=1S/C19H18N4O3/c1-26-17-8-3-2-6-15(17)22-12-11-21(13-18(22)24)19(25)16-7-4-5-14-9-10-20-23(14)16/h2-10H,11-13H2,1H3. The molecule has 0 aliphatic carbocycles. The first-order valence-electron chi connectivity index (χ1n) is 8.34. The Balaban J connectivity index is 1.56. The number of rotatable bonds is 3. The highest BCUT2D eigenvalue weighted by molar-refractivity contribution is 6.02. The first-order valence-corrected chi connectivity index (χ1v) is 8.34. The van der Waals surface area contributed by atoms with Crippen molar-refractivity contribution in [3.63, 3.8) is 0 Å². The minimum absolute atomic E-state index is 0.0224. The maximum Gasteiger partial charge on any atom is 0.273 e. The number of hydrogen-bond acceptors (Lipinski definition) is 4. The number of nitrogens with zero attached hydrogens (tertiary/aromatic N) is 4. The van der Waals surface area contributed by atoms with Crippen LogP contribution in [0.15, 0.2) is 54.7 Å². The quantitative estimate of drug-likeness (QED) is 0.723. The van der Waals surface area contributed by atoms with E-state index >= 15 is 0 Å². The van der Waals surface area contributed by atoms with Crippen LogP contribution in [0.25, 0.3) is 5.52 Å². The fourth-order valence-corrected chi connectivity index (χ4v) is 3.23. The normalized spacial score (nSPS) is 14.7. The molecule has 2 amide bonds. The van der Waals surface area contributed by atoms with E-state index in [1.54, 1.807) is 33.7 Å². The number of pyridine rings is 1. The summed E-state index contributed by atoms with van der Waals surface area (Å²) in [5, 5.41) is 4.20. The lowest BCUT2D eigenvalue weighted by Gasteiger charge is -2.34. The van der Waals surface area contributed by atoms with Crippen molar-refractivity contribution in [1.29, 1.82) is 0 Å². The first kappa shape index (κ1) is 16.1. The van der Waals surface area contributed by atoms with Gasteiger partial charge in [-0.2, -0.15) is 5.10 Å². The van der Waals surface area contributed by atoms with Gasteiger partial charge in [0.1, 0.15) is 18.0 Å². The van der Waals surface area contributed by atoms with Crippen LogP contribution < -0.4 is 9.64 Å². The second-order valence-electron chi connectivity index (χ2n) is 6.02. The summed E-state index contributed by atoms with van der Waals surface area (Å²) in [6.07, 6.45) is 1.65. The van der Waals surface area contributed by atoms with Crippen LogP contribution in [0.1, 0.15) is 10.5 Å². The van der Waals surface area contributed by atoms with E-state index in [0.29, 0.717) is 24.5 Å². The summed E-state index contributed by atoms with van der Waals surface area (Å²) in [6, 6.07) is 14.6. The van der Waals surface area contributed by atoms with Crippen molar-refractivity contribution >= 4 is 23.0 Å². The molecule has 0 atom stereocenters. The Morgan fingerprint density at radius 2 is 1.92 bits per heavy atom. The Morgan fingerprint density at radius 3 is 2.73 bits per heavy atom. The van der Waals surface area contributed by atoms with Crippen LogP contribution >= 0.6 is 0 Å². The summed E-state index contributed by atoms with van der Waals surface area (Å²) in [5.41, 5.74) is 2.02. The fraction of sp³-hybridized carbons (Fsp3) is 0.211. The van der Waals surface area contributed by atoms with Crippen molar-refractivity contribution in [2.75, 3.05) is 31.6 Å². The third-order valence-corrected chi connectivity index (χ3v) is 4.52. The van der Waals surface area contributed by atoms with Crippen molar-refractivity contribution in [2.45, 2.75) is 0 Å². The van der Waals surface area contributed by atoms with E-state index in [1.807, 2.05) is 42.5 Å². The maximum absolute atomic E-state index is 12.9. The number of para-hydroxylation sites is 2. The molecule has 0 saturated carbocycles. The topological polar surface area (TPSA) is 67.2 Å². The third kappa shape index (κ3) is 2.67. The molecule has 0 spiro atoms. The molecule has 132 valence electrons. The molecule has 1 aliphatic rings. The summed E-state index contributed by atoms with van der Waals surface area (Å²) < 4.78 is 6.94. The van der Waals surface area contributed by atoms with E-state index in [2.05, 4.69) is 5.10 Å². The number of carbonyl (C=O) groups is 2. The molecule has 0 radical (unpaired) electrons. The van der Waals surface area contributed by atoms with Gasteiger partial charge in [0.15, 0.2) is 0 Å². The summed E-state index contributed by atoms with van der Waals surface area (Å²) in [4.78, 5) is 28.8. The molecule has 1 aromatic carbocycles. The Hall–Kier alpha value is -3.35. The molecule has 3 heterocycles. The molecule has 2 aromatic heterocycles. The highest BCUT2D eigenvalue weighted by Gasteiger charge is 2.30. The molecule has 0 bridgehead atoms. The van der Waals surface area contributed by atoms with Crippen molar-refractivity contribution in [2.24, 2.45) is 0 Å². The van der Waals surface area contributed by atoms with Gasteiger partial charge in [0, 0.05) is 13.1 Å². The number of fused-ring (bicyclic) bond motifs is 1. The fourth-order valence-electron chi connectivity index (χ4n) is 3.23. The predicted octanol–water partition coefficient (Wildman–Crippen LogP) is 1.83. The van der Waals surface area contributed by atoms with E-state index in [-0.39, 0.29) is 18.4 Å². The van der Waals surface area contributed by atoms with Crippen LogP contribution in [-0.4, -0.2) is 53.1 Å². The Morgan fingerprint density at radius 1 is 1.08 bits per heavy atom. The van der Waals surface area contributed by atoms with Crippen LogP contribution in [0.2, 0.25) is 0 Å². The summed E-state index contributed by atoms with van der Waals surface area (Å²) in [7, 11) is 1.58. The number of methoxy groups -OCH3 is 1. The zero-order chi connectivity index (χ0) is 18.1. The Kier molecular flexibility index (Phi) is 4.04. The summed E-state index contributed by atoms with van der Waals surface area (Å²) in [6.45, 7) is 0.884. The molecule has 7 heteroatoms. The van der Waals surface area contributed by atoms with E-state index in [0.717, 1.165) is 11.2 Å². The molecule has 7 nitrogen and oxygen atoms in total. The predicted molar refractivity (Wildman–Crippen MR) is 96.4 cm³/mol. The minimum atomic E-state index is -0.202. The third-order valence-electron chi connectivity index (χ3n) is 4.52. The number of aromatic nitrogens is 2. The molecule has 1 saturated heterocycles. The number of amides is 2. The monoisotopic (exact) mass is 350 g/mol. The van der Waals surface area contributed by atoms with Crippen LogP contribution in [-0.2, 0) is 4.79 Å². The summed E-state index contributed by atoms with van der Waals surface area (Å²) >= 11 is 0. The van der Waals surface area contributed by atoms with E-state index in [4.69, 9.17) is 4.74 Å². The zero-order valence-corrected chi connectivity index (χ0v) is 14.3. The van der Waals surface area contributed by atoms with E-state index in [1.165, 1.54) is 0 Å². The molecule has 0 N–H and O–H groups in total. The summed E-state index contributed by atoms with van der Waals surface area (Å²) in [5.74, 6) is 0.302. The number of carbonyl (C=O) groups excluding carboxylic acids is 2. The van der Waals surface area contributed by atoms with E-state index < -0.39 is 0 Å². The first-order chi connectivity index (χ1) is 12.7. The van der Waals surface area contributed by atoms with Gasteiger partial charge in [-0.25, -0.2) is 4.52 Å². The van der Waals surface area contributed by atoms with Crippen molar-refractivity contribution in [3.05, 3.63) is 60.4 Å². The van der Waals surface area contributed by atoms with Gasteiger partial charge in [0.25, 0.3) is 5.91 Å². The van der Waals surface area contributed by atoms with Gasteiger partial charge in [-0.1, -0.05) is 18.2 Å². The zero-order valence-electron chi connectivity index (χ0n) is 14.3. The second-order valence-corrected chi connectivity index (χ2v) is 6.02. The lowest BCUT2D eigenvalue weighted by Crippen LogP contribution is -2.52. The minimum Gasteiger partial charge on any atom is -0.495 e. The van der Waals surface area contributed by atoms with Gasteiger partial charge in [-0.05, 0) is 30.3 Å². The molecule has 1 fully saturated rings. The van der Waals surface area contributed by atoms with Crippen LogP contribution in [0.3, 0.4) is 0 Å². The smallest absolute Gasteiger partial charge is 0.273 e. The van der Waals surface area contributed by atoms with Gasteiger partial charge in [-0.3, -0.25) is 9.59 Å². The van der Waals surface area contributed by atoms with Crippen molar-refractivity contribution in [3.8, 4) is 5.75 Å². The number of piperazine rings is 1. The maximum atomic E-state index is 12.9. The van der Waals surface area contributed by atoms with Crippen LogP contribution in [0, 0.1) is 0 Å². The molecule has 3 aromatic rings. The molecule has 0 unspecified atom stereocenters. The number of ether oxygens (including phenoxy) is 1. The highest BCUT2D eigenvalue weighted by Crippen LogP contribution is 2.29. The highest BCUT2D eigenvalue weighted by atomic mass is 16.5. The Bertz CT molecular complexity index is 982. The van der Waals surface area contributed by atoms with Gasteiger partial charge >= 0.3 is 0 Å². The lowest BCUT2D eigenvalue weighted by atomic mass is 10.2. The average Bonchev–Trinajstić information content (AvgIpc) is 3.16. The number of anilines is 1. The van der Waals surface area contributed by atoms with Gasteiger partial charge in [-0.15, -0.1) is 0 Å². The van der Waals surface area contributed by atoms with E-state index in [9.17, 15) is 9.59 Å². The number of hydrogen-bond donors (Lipinski definition) is 0. The van der Waals surface area contributed by atoms with Gasteiger partial charge in [0.2, 0.25) is 5.91 Å². The Labute approximate surface area is 150 Å². The van der Waals surface area contributed by atoms with Crippen LogP contribution in [0.5, 0.6) is 5.75 Å². The second kappa shape index (κ2) is 6.51.